The van der Waals surface area contributed by atoms with Gasteiger partial charge < -0.3 is 9.47 Å². The van der Waals surface area contributed by atoms with Crippen molar-refractivity contribution in [1.29, 1.82) is 0 Å². The fourth-order valence-electron chi connectivity index (χ4n) is 1.32. The van der Waals surface area contributed by atoms with Crippen LogP contribution in [0.5, 0.6) is 0 Å². The highest BCUT2D eigenvalue weighted by Gasteiger charge is 2.22. The van der Waals surface area contributed by atoms with Crippen LogP contribution in [0, 0.1) is 5.82 Å². The second kappa shape index (κ2) is 7.21. The van der Waals surface area contributed by atoms with Gasteiger partial charge in [-0.2, -0.15) is 0 Å². The third-order valence-corrected chi connectivity index (χ3v) is 3.88. The lowest BCUT2D eigenvalue weighted by atomic mass is 10.2. The molecule has 1 aromatic carbocycles. The highest BCUT2D eigenvalue weighted by molar-refractivity contribution is 8.13. The lowest BCUT2D eigenvalue weighted by Gasteiger charge is -2.08. The van der Waals surface area contributed by atoms with E-state index in [2.05, 4.69) is 0 Å². The predicted octanol–water partition coefficient (Wildman–Crippen LogP) is 2.60. The Bertz CT molecular complexity index is 603. The summed E-state index contributed by atoms with van der Waals surface area (Å²) in [5.41, 5.74) is -0.273. The summed E-state index contributed by atoms with van der Waals surface area (Å²) in [4.78, 5) is 10.9. The summed E-state index contributed by atoms with van der Waals surface area (Å²) in [6, 6.07) is 1.45. The molecule has 0 spiro atoms. The summed E-state index contributed by atoms with van der Waals surface area (Å²) in [6.07, 6.45) is 0.460. The van der Waals surface area contributed by atoms with Gasteiger partial charge in [-0.1, -0.05) is 11.6 Å². The normalized spacial score (nSPS) is 11.4. The number of carbonyl (C=O) groups excluding carboxylic acids is 1. The highest BCUT2D eigenvalue weighted by atomic mass is 35.7. The Morgan fingerprint density at radius 1 is 1.35 bits per heavy atom. The third-order valence-electron chi connectivity index (χ3n) is 2.23. The molecule has 0 aliphatic heterocycles. The summed E-state index contributed by atoms with van der Waals surface area (Å²) in [5.74, 6) is -2.01. The van der Waals surface area contributed by atoms with Gasteiger partial charge in [0.15, 0.2) is 0 Å². The van der Waals surface area contributed by atoms with E-state index in [0.29, 0.717) is 19.1 Å². The second-order valence-electron chi connectivity index (χ2n) is 3.68. The van der Waals surface area contributed by atoms with E-state index in [1.807, 2.05) is 0 Å². The van der Waals surface area contributed by atoms with Crippen molar-refractivity contribution in [3.63, 3.8) is 0 Å². The molecular formula is C11H11Cl2FO5S. The Hall–Kier alpha value is -0.890. The Balaban J connectivity index is 2.98. The minimum atomic E-state index is -4.32. The topological polar surface area (TPSA) is 69.7 Å². The van der Waals surface area contributed by atoms with E-state index >= 15 is 0 Å². The fraction of sp³-hybridized carbons (Fsp3) is 0.364. The van der Waals surface area contributed by atoms with Crippen LogP contribution in [0.2, 0.25) is 5.02 Å². The molecule has 0 fully saturated rings. The first-order valence-corrected chi connectivity index (χ1v) is 8.06. The number of ether oxygens (including phenoxy) is 2. The molecule has 9 heteroatoms. The first kappa shape index (κ1) is 17.2. The molecule has 0 atom stereocenters. The fourth-order valence-corrected chi connectivity index (χ4v) is 2.45. The summed E-state index contributed by atoms with van der Waals surface area (Å²) in [6.45, 7) is 0.453. The van der Waals surface area contributed by atoms with E-state index in [1.165, 1.54) is 7.11 Å². The summed E-state index contributed by atoms with van der Waals surface area (Å²) in [7, 11) is 2.23. The quantitative estimate of drug-likeness (QED) is 0.450. The zero-order chi connectivity index (χ0) is 15.3. The van der Waals surface area contributed by atoms with Gasteiger partial charge in [-0.05, 0) is 12.1 Å². The van der Waals surface area contributed by atoms with Crippen molar-refractivity contribution in [3.8, 4) is 0 Å². The van der Waals surface area contributed by atoms with Crippen LogP contribution in [-0.2, 0) is 18.5 Å². The number of hydrogen-bond acceptors (Lipinski definition) is 5. The number of rotatable bonds is 6. The summed E-state index contributed by atoms with van der Waals surface area (Å²) < 4.78 is 45.4. The van der Waals surface area contributed by atoms with E-state index in [-0.39, 0.29) is 17.2 Å². The number of benzene rings is 1. The van der Waals surface area contributed by atoms with Crippen LogP contribution in [0.3, 0.4) is 0 Å². The van der Waals surface area contributed by atoms with Gasteiger partial charge in [-0.3, -0.25) is 0 Å². The molecule has 1 aromatic rings. The average molecular weight is 345 g/mol. The molecule has 0 aliphatic rings. The monoisotopic (exact) mass is 344 g/mol. The smallest absolute Gasteiger partial charge is 0.339 e. The number of methoxy groups -OCH3 is 1. The van der Waals surface area contributed by atoms with Gasteiger partial charge in [0, 0.05) is 30.8 Å². The predicted molar refractivity (Wildman–Crippen MR) is 71.2 cm³/mol. The summed E-state index contributed by atoms with van der Waals surface area (Å²) >= 11 is 5.68. The molecule has 0 saturated heterocycles. The van der Waals surface area contributed by atoms with Crippen molar-refractivity contribution >= 4 is 37.3 Å². The molecule has 5 nitrogen and oxygen atoms in total. The Labute approximate surface area is 125 Å². The molecule has 1 rings (SSSR count). The Kier molecular flexibility index (Phi) is 6.19. The molecular weight excluding hydrogens is 334 g/mol. The van der Waals surface area contributed by atoms with Gasteiger partial charge in [-0.15, -0.1) is 0 Å². The van der Waals surface area contributed by atoms with Crippen molar-refractivity contribution < 1.29 is 27.1 Å². The standard InChI is InChI=1S/C11H11Cl2FO5S/c1-18-3-2-4-19-11(15)7-5-10(20(13,16)17)9(14)6-8(7)12/h5-6H,2-4H2,1H3. The number of esters is 1. The van der Waals surface area contributed by atoms with Crippen LogP contribution < -0.4 is 0 Å². The maximum atomic E-state index is 13.4. The lowest BCUT2D eigenvalue weighted by Crippen LogP contribution is -2.10. The van der Waals surface area contributed by atoms with E-state index in [1.54, 1.807) is 0 Å². The first-order valence-electron chi connectivity index (χ1n) is 5.37. The van der Waals surface area contributed by atoms with Crippen LogP contribution in [-0.4, -0.2) is 34.7 Å². The van der Waals surface area contributed by atoms with Gasteiger partial charge in [0.25, 0.3) is 9.05 Å². The van der Waals surface area contributed by atoms with E-state index in [4.69, 9.17) is 31.8 Å². The highest BCUT2D eigenvalue weighted by Crippen LogP contribution is 2.26. The second-order valence-corrected chi connectivity index (χ2v) is 6.62. The molecule has 0 aliphatic carbocycles. The molecule has 0 N–H and O–H groups in total. The maximum Gasteiger partial charge on any atom is 0.339 e. The van der Waals surface area contributed by atoms with Crippen molar-refractivity contribution in [2.45, 2.75) is 11.3 Å². The molecule has 0 saturated carbocycles. The maximum absolute atomic E-state index is 13.4. The number of halogens is 3. The largest absolute Gasteiger partial charge is 0.462 e. The Morgan fingerprint density at radius 2 is 2.00 bits per heavy atom. The van der Waals surface area contributed by atoms with Crippen molar-refractivity contribution in [2.75, 3.05) is 20.3 Å². The van der Waals surface area contributed by atoms with Gasteiger partial charge >= 0.3 is 5.97 Å². The molecule has 0 heterocycles. The van der Waals surface area contributed by atoms with E-state index in [0.717, 1.165) is 6.07 Å². The van der Waals surface area contributed by atoms with E-state index < -0.39 is 25.7 Å². The van der Waals surface area contributed by atoms with Gasteiger partial charge in [0.2, 0.25) is 0 Å². The van der Waals surface area contributed by atoms with Gasteiger partial charge in [-0.25, -0.2) is 17.6 Å². The third kappa shape index (κ3) is 4.59. The van der Waals surface area contributed by atoms with Crippen LogP contribution in [0.4, 0.5) is 4.39 Å². The van der Waals surface area contributed by atoms with Crippen molar-refractivity contribution in [1.82, 2.24) is 0 Å². The molecule has 0 unspecified atom stereocenters. The minimum absolute atomic E-state index is 0.0589. The number of carbonyl (C=O) groups is 1. The molecule has 112 valence electrons. The minimum Gasteiger partial charge on any atom is -0.462 e. The molecule has 20 heavy (non-hydrogen) atoms. The van der Waals surface area contributed by atoms with Crippen molar-refractivity contribution in [3.05, 3.63) is 28.5 Å². The van der Waals surface area contributed by atoms with Crippen LogP contribution >= 0.6 is 22.3 Å². The Morgan fingerprint density at radius 3 is 2.55 bits per heavy atom. The molecule has 0 bridgehead atoms. The van der Waals surface area contributed by atoms with Gasteiger partial charge in [0.1, 0.15) is 10.7 Å². The van der Waals surface area contributed by atoms with Gasteiger partial charge in [0.05, 0.1) is 17.2 Å². The molecule has 0 radical (unpaired) electrons. The SMILES string of the molecule is COCCCOC(=O)c1cc(S(=O)(=O)Cl)c(F)cc1Cl. The average Bonchev–Trinajstić information content (AvgIpc) is 2.32. The summed E-state index contributed by atoms with van der Waals surface area (Å²) in [5, 5.41) is -0.261. The van der Waals surface area contributed by atoms with Crippen LogP contribution in [0.15, 0.2) is 17.0 Å². The molecule has 0 amide bonds. The zero-order valence-electron chi connectivity index (χ0n) is 10.4. The first-order chi connectivity index (χ1) is 9.27. The van der Waals surface area contributed by atoms with Crippen molar-refractivity contribution in [2.24, 2.45) is 0 Å². The lowest BCUT2D eigenvalue weighted by molar-refractivity contribution is 0.0468. The number of hydrogen-bond donors (Lipinski definition) is 0. The van der Waals surface area contributed by atoms with Crippen LogP contribution in [0.25, 0.3) is 0 Å². The van der Waals surface area contributed by atoms with E-state index in [9.17, 15) is 17.6 Å². The molecule has 0 aromatic heterocycles. The van der Waals surface area contributed by atoms with Crippen LogP contribution in [0.1, 0.15) is 16.8 Å². The zero-order valence-corrected chi connectivity index (χ0v) is 12.7.